The van der Waals surface area contributed by atoms with Crippen LogP contribution in [0.4, 0.5) is 4.39 Å². The summed E-state index contributed by atoms with van der Waals surface area (Å²) in [6.07, 6.45) is 0.249. The third-order valence-corrected chi connectivity index (χ3v) is 2.57. The Morgan fingerprint density at radius 1 is 1.37 bits per heavy atom. The summed E-state index contributed by atoms with van der Waals surface area (Å²) in [6, 6.07) is 4.81. The zero-order chi connectivity index (χ0) is 14.1. The maximum absolute atomic E-state index is 13.7. The van der Waals surface area contributed by atoms with Crippen molar-refractivity contribution < 1.29 is 19.0 Å². The fourth-order valence-corrected chi connectivity index (χ4v) is 1.67. The molecule has 0 aliphatic rings. The molecule has 2 N–H and O–H groups in total. The summed E-state index contributed by atoms with van der Waals surface area (Å²) < 4.78 is 23.9. The summed E-state index contributed by atoms with van der Waals surface area (Å²) >= 11 is 0. The van der Waals surface area contributed by atoms with Crippen LogP contribution >= 0.6 is 0 Å². The van der Waals surface area contributed by atoms with Gasteiger partial charge in [-0.2, -0.15) is 0 Å². The number of halogens is 1. The summed E-state index contributed by atoms with van der Waals surface area (Å²) in [4.78, 5) is 0. The molecule has 19 heavy (non-hydrogen) atoms. The average molecular weight is 271 g/mol. The minimum Gasteiger partial charge on any atom is -0.487 e. The molecule has 1 aromatic rings. The number of hydrogen-bond acceptors (Lipinski definition) is 4. The van der Waals surface area contributed by atoms with Gasteiger partial charge in [0.2, 0.25) is 0 Å². The number of benzene rings is 1. The Bertz CT molecular complexity index is 374. The molecule has 0 aliphatic heterocycles. The molecule has 0 saturated heterocycles. The first-order valence-corrected chi connectivity index (χ1v) is 6.47. The van der Waals surface area contributed by atoms with Crippen LogP contribution in [-0.2, 0) is 11.3 Å². The molecule has 0 aliphatic carbocycles. The number of aliphatic hydroxyl groups is 1. The fraction of sp³-hybridized carbons (Fsp3) is 0.571. The Kier molecular flexibility index (Phi) is 7.40. The van der Waals surface area contributed by atoms with Crippen LogP contribution in [-0.4, -0.2) is 38.1 Å². The third-order valence-electron chi connectivity index (χ3n) is 2.57. The van der Waals surface area contributed by atoms with Gasteiger partial charge in [0, 0.05) is 19.2 Å². The Morgan fingerprint density at radius 2 is 2.16 bits per heavy atom. The number of methoxy groups -OCH3 is 1. The Labute approximate surface area is 113 Å². The zero-order valence-corrected chi connectivity index (χ0v) is 11.5. The van der Waals surface area contributed by atoms with E-state index >= 15 is 0 Å². The second-order valence-corrected chi connectivity index (χ2v) is 4.33. The highest BCUT2D eigenvalue weighted by Gasteiger charge is 2.12. The molecule has 0 radical (unpaired) electrons. The normalized spacial score (nSPS) is 12.4. The standard InChI is InChI=1S/C14H22FNO3/c1-3-7-16-8-11-5-4-6-13(15)14(11)19-10-12(17)9-18-2/h4-6,12,16-17H,3,7-10H2,1-2H3. The number of aliphatic hydroxyl groups excluding tert-OH is 1. The van der Waals surface area contributed by atoms with E-state index in [1.54, 1.807) is 6.07 Å². The van der Waals surface area contributed by atoms with Crippen LogP contribution in [0.5, 0.6) is 5.75 Å². The molecule has 0 spiro atoms. The highest BCUT2D eigenvalue weighted by molar-refractivity contribution is 5.34. The van der Waals surface area contributed by atoms with Crippen molar-refractivity contribution in [3.05, 3.63) is 29.6 Å². The molecule has 0 heterocycles. The number of rotatable bonds is 9. The first kappa shape index (κ1) is 15.9. The predicted octanol–water partition coefficient (Wildman–Crippen LogP) is 1.71. The van der Waals surface area contributed by atoms with Gasteiger partial charge in [0.05, 0.1) is 6.61 Å². The molecule has 1 atom stereocenters. The molecule has 0 saturated carbocycles. The minimum absolute atomic E-state index is 0.00948. The van der Waals surface area contributed by atoms with Crippen molar-refractivity contribution in [3.63, 3.8) is 0 Å². The van der Waals surface area contributed by atoms with Crippen molar-refractivity contribution >= 4 is 0 Å². The summed E-state index contributed by atoms with van der Waals surface area (Å²) in [5.74, 6) is -0.221. The summed E-state index contributed by atoms with van der Waals surface area (Å²) in [5, 5.41) is 12.7. The van der Waals surface area contributed by atoms with Crippen molar-refractivity contribution in [3.8, 4) is 5.75 Å². The highest BCUT2D eigenvalue weighted by Crippen LogP contribution is 2.22. The molecule has 0 aromatic heterocycles. The van der Waals surface area contributed by atoms with E-state index in [0.717, 1.165) is 18.5 Å². The SMILES string of the molecule is CCCNCc1cccc(F)c1OCC(O)COC. The van der Waals surface area contributed by atoms with E-state index in [1.807, 2.05) is 6.07 Å². The maximum atomic E-state index is 13.7. The van der Waals surface area contributed by atoms with E-state index in [4.69, 9.17) is 9.47 Å². The first-order valence-electron chi connectivity index (χ1n) is 6.47. The van der Waals surface area contributed by atoms with Gasteiger partial charge in [0.1, 0.15) is 12.7 Å². The molecule has 0 bridgehead atoms. The first-order chi connectivity index (χ1) is 9.19. The van der Waals surface area contributed by atoms with Gasteiger partial charge in [0.25, 0.3) is 0 Å². The van der Waals surface area contributed by atoms with E-state index in [1.165, 1.54) is 13.2 Å². The van der Waals surface area contributed by atoms with Crippen LogP contribution in [0.25, 0.3) is 0 Å². The summed E-state index contributed by atoms with van der Waals surface area (Å²) in [5.41, 5.74) is 0.748. The van der Waals surface area contributed by atoms with E-state index in [9.17, 15) is 9.50 Å². The molecule has 5 heteroatoms. The zero-order valence-electron chi connectivity index (χ0n) is 11.5. The van der Waals surface area contributed by atoms with Crippen molar-refractivity contribution in [2.45, 2.75) is 26.0 Å². The van der Waals surface area contributed by atoms with Gasteiger partial charge in [-0.1, -0.05) is 19.1 Å². The monoisotopic (exact) mass is 271 g/mol. The average Bonchev–Trinajstić information content (AvgIpc) is 2.38. The van der Waals surface area contributed by atoms with Crippen molar-refractivity contribution in [1.29, 1.82) is 0 Å². The van der Waals surface area contributed by atoms with Gasteiger partial charge < -0.3 is 19.9 Å². The van der Waals surface area contributed by atoms with E-state index in [-0.39, 0.29) is 19.0 Å². The Balaban J connectivity index is 2.63. The van der Waals surface area contributed by atoms with Crippen LogP contribution in [0.3, 0.4) is 0 Å². The Hall–Kier alpha value is -1.17. The molecule has 1 rings (SSSR count). The van der Waals surface area contributed by atoms with Crippen molar-refractivity contribution in [2.24, 2.45) is 0 Å². The lowest BCUT2D eigenvalue weighted by Gasteiger charge is -2.15. The largest absolute Gasteiger partial charge is 0.487 e. The molecular formula is C14H22FNO3. The lowest BCUT2D eigenvalue weighted by Crippen LogP contribution is -2.24. The van der Waals surface area contributed by atoms with E-state index < -0.39 is 11.9 Å². The maximum Gasteiger partial charge on any atom is 0.165 e. The van der Waals surface area contributed by atoms with Gasteiger partial charge in [-0.05, 0) is 19.0 Å². The molecule has 1 unspecified atom stereocenters. The molecule has 0 amide bonds. The smallest absolute Gasteiger partial charge is 0.165 e. The predicted molar refractivity (Wildman–Crippen MR) is 71.8 cm³/mol. The quantitative estimate of drug-likeness (QED) is 0.671. The van der Waals surface area contributed by atoms with Crippen LogP contribution in [0.2, 0.25) is 0 Å². The van der Waals surface area contributed by atoms with Crippen molar-refractivity contribution in [1.82, 2.24) is 5.32 Å². The molecule has 4 nitrogen and oxygen atoms in total. The van der Waals surface area contributed by atoms with E-state index in [2.05, 4.69) is 12.2 Å². The van der Waals surface area contributed by atoms with Gasteiger partial charge >= 0.3 is 0 Å². The van der Waals surface area contributed by atoms with Crippen LogP contribution in [0.1, 0.15) is 18.9 Å². The topological polar surface area (TPSA) is 50.7 Å². The number of ether oxygens (including phenoxy) is 2. The molecular weight excluding hydrogens is 249 g/mol. The second kappa shape index (κ2) is 8.85. The van der Waals surface area contributed by atoms with Gasteiger partial charge in [-0.15, -0.1) is 0 Å². The van der Waals surface area contributed by atoms with Gasteiger partial charge in [-0.3, -0.25) is 0 Å². The van der Waals surface area contributed by atoms with Crippen molar-refractivity contribution in [2.75, 3.05) is 26.9 Å². The molecule has 0 fully saturated rings. The number of nitrogens with one attached hydrogen (secondary N) is 1. The fourth-order valence-electron chi connectivity index (χ4n) is 1.67. The third kappa shape index (κ3) is 5.55. The van der Waals surface area contributed by atoms with Gasteiger partial charge in [-0.25, -0.2) is 4.39 Å². The number of para-hydroxylation sites is 1. The number of hydrogen-bond donors (Lipinski definition) is 2. The minimum atomic E-state index is -0.763. The van der Waals surface area contributed by atoms with E-state index in [0.29, 0.717) is 6.54 Å². The van der Waals surface area contributed by atoms with Crippen LogP contribution in [0, 0.1) is 5.82 Å². The molecule has 108 valence electrons. The van der Waals surface area contributed by atoms with Gasteiger partial charge in [0.15, 0.2) is 11.6 Å². The summed E-state index contributed by atoms with van der Waals surface area (Å²) in [6.45, 7) is 3.65. The lowest BCUT2D eigenvalue weighted by atomic mass is 10.2. The highest BCUT2D eigenvalue weighted by atomic mass is 19.1. The lowest BCUT2D eigenvalue weighted by molar-refractivity contribution is 0.0313. The Morgan fingerprint density at radius 3 is 2.84 bits per heavy atom. The van der Waals surface area contributed by atoms with Crippen LogP contribution < -0.4 is 10.1 Å². The molecule has 1 aromatic carbocycles. The van der Waals surface area contributed by atoms with Crippen LogP contribution in [0.15, 0.2) is 18.2 Å². The summed E-state index contributed by atoms with van der Waals surface area (Å²) in [7, 11) is 1.49. The second-order valence-electron chi connectivity index (χ2n) is 4.33.